The van der Waals surface area contributed by atoms with E-state index in [1.165, 1.54) is 22.3 Å². The summed E-state index contributed by atoms with van der Waals surface area (Å²) >= 11 is 6.33. The maximum atomic E-state index is 6.33. The molecule has 0 amide bonds. The SMILES string of the molecule is CCC(Cl)C(C)c1c(C)cc(C)cc1C. The Balaban J connectivity index is 3.13. The third kappa shape index (κ3) is 2.75. The van der Waals surface area contributed by atoms with Crippen molar-refractivity contribution in [3.63, 3.8) is 0 Å². The van der Waals surface area contributed by atoms with Crippen LogP contribution in [0.25, 0.3) is 0 Å². The Morgan fingerprint density at radius 3 is 2.00 bits per heavy atom. The molecule has 15 heavy (non-hydrogen) atoms. The molecule has 84 valence electrons. The number of hydrogen-bond donors (Lipinski definition) is 0. The van der Waals surface area contributed by atoms with Crippen LogP contribution in [-0.2, 0) is 0 Å². The van der Waals surface area contributed by atoms with Crippen molar-refractivity contribution in [3.05, 3.63) is 34.4 Å². The molecule has 0 bridgehead atoms. The molecular weight excluding hydrogens is 204 g/mol. The number of aryl methyl sites for hydroxylation is 3. The number of alkyl halides is 1. The summed E-state index contributed by atoms with van der Waals surface area (Å²) in [5.74, 6) is 0.442. The van der Waals surface area contributed by atoms with Crippen LogP contribution in [0.4, 0.5) is 0 Å². The van der Waals surface area contributed by atoms with Crippen LogP contribution < -0.4 is 0 Å². The maximum absolute atomic E-state index is 6.33. The lowest BCUT2D eigenvalue weighted by molar-refractivity contribution is 0.667. The van der Waals surface area contributed by atoms with E-state index in [-0.39, 0.29) is 5.38 Å². The van der Waals surface area contributed by atoms with E-state index in [1.807, 2.05) is 0 Å². The zero-order chi connectivity index (χ0) is 11.6. The highest BCUT2D eigenvalue weighted by atomic mass is 35.5. The molecule has 0 radical (unpaired) electrons. The van der Waals surface area contributed by atoms with Gasteiger partial charge in [-0.1, -0.05) is 31.5 Å². The molecule has 0 N–H and O–H groups in total. The summed E-state index contributed by atoms with van der Waals surface area (Å²) in [4.78, 5) is 0. The van der Waals surface area contributed by atoms with Gasteiger partial charge in [0.25, 0.3) is 0 Å². The van der Waals surface area contributed by atoms with Crippen LogP contribution in [0, 0.1) is 20.8 Å². The van der Waals surface area contributed by atoms with E-state index in [9.17, 15) is 0 Å². The molecular formula is C14H21Cl. The minimum absolute atomic E-state index is 0.241. The molecule has 0 heterocycles. The van der Waals surface area contributed by atoms with Crippen molar-refractivity contribution in [2.24, 2.45) is 0 Å². The summed E-state index contributed by atoms with van der Waals surface area (Å²) < 4.78 is 0. The molecule has 0 nitrogen and oxygen atoms in total. The van der Waals surface area contributed by atoms with Gasteiger partial charge in [0.15, 0.2) is 0 Å². The smallest absolute Gasteiger partial charge is 0.0399 e. The third-order valence-corrected chi connectivity index (χ3v) is 3.81. The van der Waals surface area contributed by atoms with Gasteiger partial charge in [-0.3, -0.25) is 0 Å². The van der Waals surface area contributed by atoms with Crippen molar-refractivity contribution in [2.75, 3.05) is 0 Å². The largest absolute Gasteiger partial charge is 0.122 e. The second-order valence-corrected chi connectivity index (χ2v) is 5.09. The van der Waals surface area contributed by atoms with Crippen molar-refractivity contribution in [2.45, 2.75) is 52.3 Å². The van der Waals surface area contributed by atoms with Crippen molar-refractivity contribution in [1.82, 2.24) is 0 Å². The number of hydrogen-bond acceptors (Lipinski definition) is 0. The lowest BCUT2D eigenvalue weighted by atomic mass is 9.88. The van der Waals surface area contributed by atoms with Gasteiger partial charge in [-0.05, 0) is 49.8 Å². The topological polar surface area (TPSA) is 0 Å². The second-order valence-electron chi connectivity index (χ2n) is 4.53. The molecule has 0 aliphatic heterocycles. The quantitative estimate of drug-likeness (QED) is 0.651. The third-order valence-electron chi connectivity index (χ3n) is 3.13. The summed E-state index contributed by atoms with van der Waals surface area (Å²) in [5.41, 5.74) is 5.52. The van der Waals surface area contributed by atoms with Crippen LogP contribution >= 0.6 is 11.6 Å². The summed E-state index contributed by atoms with van der Waals surface area (Å²) in [5, 5.41) is 0.241. The predicted molar refractivity (Wildman–Crippen MR) is 69.0 cm³/mol. The fourth-order valence-electron chi connectivity index (χ4n) is 2.44. The molecule has 1 aromatic carbocycles. The van der Waals surface area contributed by atoms with Crippen molar-refractivity contribution < 1.29 is 0 Å². The van der Waals surface area contributed by atoms with Crippen molar-refractivity contribution in [1.29, 1.82) is 0 Å². The van der Waals surface area contributed by atoms with Gasteiger partial charge in [0.1, 0.15) is 0 Å². The lowest BCUT2D eigenvalue weighted by Crippen LogP contribution is -2.11. The summed E-state index contributed by atoms with van der Waals surface area (Å²) in [7, 11) is 0. The van der Waals surface area contributed by atoms with Gasteiger partial charge in [0, 0.05) is 5.38 Å². The Hall–Kier alpha value is -0.490. The first-order valence-corrected chi connectivity index (χ1v) is 6.12. The van der Waals surface area contributed by atoms with Crippen LogP contribution in [0.2, 0.25) is 0 Å². The minimum Gasteiger partial charge on any atom is -0.122 e. The zero-order valence-electron chi connectivity index (χ0n) is 10.4. The molecule has 2 unspecified atom stereocenters. The van der Waals surface area contributed by atoms with Gasteiger partial charge in [-0.2, -0.15) is 0 Å². The van der Waals surface area contributed by atoms with E-state index < -0.39 is 0 Å². The molecule has 2 atom stereocenters. The minimum atomic E-state index is 0.241. The zero-order valence-corrected chi connectivity index (χ0v) is 11.2. The Bertz CT molecular complexity index is 318. The van der Waals surface area contributed by atoms with E-state index in [0.29, 0.717) is 5.92 Å². The van der Waals surface area contributed by atoms with E-state index >= 15 is 0 Å². The first kappa shape index (κ1) is 12.6. The summed E-state index contributed by atoms with van der Waals surface area (Å²) in [6, 6.07) is 4.50. The van der Waals surface area contributed by atoms with Crippen LogP contribution in [-0.4, -0.2) is 5.38 Å². The molecule has 0 spiro atoms. The van der Waals surface area contributed by atoms with Crippen LogP contribution in [0.3, 0.4) is 0 Å². The number of rotatable bonds is 3. The molecule has 0 aliphatic rings. The maximum Gasteiger partial charge on any atom is 0.0399 e. The summed E-state index contributed by atoms with van der Waals surface area (Å²) in [6.07, 6.45) is 1.02. The standard InChI is InChI=1S/C14H21Cl/c1-6-13(15)12(5)14-10(3)7-9(2)8-11(14)4/h7-8,12-13H,6H2,1-5H3. The average molecular weight is 225 g/mol. The average Bonchev–Trinajstić information content (AvgIpc) is 2.14. The van der Waals surface area contributed by atoms with Crippen LogP contribution in [0.5, 0.6) is 0 Å². The van der Waals surface area contributed by atoms with E-state index in [0.717, 1.165) is 6.42 Å². The van der Waals surface area contributed by atoms with E-state index in [2.05, 4.69) is 46.8 Å². The molecule has 0 fully saturated rings. The Morgan fingerprint density at radius 2 is 1.60 bits per heavy atom. The van der Waals surface area contributed by atoms with Gasteiger partial charge in [0.05, 0.1) is 0 Å². The highest BCUT2D eigenvalue weighted by Crippen LogP contribution is 2.31. The highest BCUT2D eigenvalue weighted by Gasteiger charge is 2.18. The van der Waals surface area contributed by atoms with Crippen molar-refractivity contribution >= 4 is 11.6 Å². The molecule has 0 aliphatic carbocycles. The lowest BCUT2D eigenvalue weighted by Gasteiger charge is -2.22. The van der Waals surface area contributed by atoms with Gasteiger partial charge in [0.2, 0.25) is 0 Å². The molecule has 0 saturated heterocycles. The normalized spacial score (nSPS) is 15.1. The first-order chi connectivity index (χ1) is 6.97. The first-order valence-electron chi connectivity index (χ1n) is 5.69. The second kappa shape index (κ2) is 5.03. The Kier molecular flexibility index (Phi) is 4.21. The molecule has 1 rings (SSSR count). The Labute approximate surface area is 98.7 Å². The summed E-state index contributed by atoms with van der Waals surface area (Å²) in [6.45, 7) is 10.9. The van der Waals surface area contributed by atoms with E-state index in [1.54, 1.807) is 0 Å². The molecule has 1 aromatic rings. The fraction of sp³-hybridized carbons (Fsp3) is 0.571. The van der Waals surface area contributed by atoms with Crippen LogP contribution in [0.1, 0.15) is 48.4 Å². The highest BCUT2D eigenvalue weighted by molar-refractivity contribution is 6.21. The van der Waals surface area contributed by atoms with Gasteiger partial charge in [-0.25, -0.2) is 0 Å². The van der Waals surface area contributed by atoms with Gasteiger partial charge in [-0.15, -0.1) is 11.6 Å². The fourth-order valence-corrected chi connectivity index (χ4v) is 2.57. The van der Waals surface area contributed by atoms with Gasteiger partial charge < -0.3 is 0 Å². The predicted octanol–water partition coefficient (Wildman–Crippen LogP) is 4.73. The van der Waals surface area contributed by atoms with E-state index in [4.69, 9.17) is 11.6 Å². The molecule has 1 heteroatoms. The number of halogens is 1. The number of benzene rings is 1. The monoisotopic (exact) mass is 224 g/mol. The molecule has 0 aromatic heterocycles. The Morgan fingerprint density at radius 1 is 1.13 bits per heavy atom. The molecule has 0 saturated carbocycles. The van der Waals surface area contributed by atoms with Crippen LogP contribution in [0.15, 0.2) is 12.1 Å². The van der Waals surface area contributed by atoms with Gasteiger partial charge >= 0.3 is 0 Å². The van der Waals surface area contributed by atoms with Crippen molar-refractivity contribution in [3.8, 4) is 0 Å².